The maximum absolute atomic E-state index is 14.2. The number of rotatable bonds is 2. The summed E-state index contributed by atoms with van der Waals surface area (Å²) in [4.78, 5) is 3.27. The Hall–Kier alpha value is -2.00. The van der Waals surface area contributed by atoms with Crippen molar-refractivity contribution in [1.29, 1.82) is 0 Å². The summed E-state index contributed by atoms with van der Waals surface area (Å²) in [6.45, 7) is 10.5. The van der Waals surface area contributed by atoms with Crippen LogP contribution in [0.3, 0.4) is 0 Å². The Labute approximate surface area is 119 Å². The van der Waals surface area contributed by atoms with Crippen molar-refractivity contribution in [1.82, 2.24) is 9.78 Å². The van der Waals surface area contributed by atoms with Crippen LogP contribution in [-0.4, -0.2) is 20.2 Å². The Morgan fingerprint density at radius 1 is 1.40 bits per heavy atom. The SMILES string of the molecule is [C-]#[N+]c1cc(F)c(-c2nn(C)c(S(C)=O)c2C)cc1C. The summed E-state index contributed by atoms with van der Waals surface area (Å²) in [7, 11) is 0.493. The highest BCUT2D eigenvalue weighted by molar-refractivity contribution is 7.84. The standard InChI is InChI=1S/C14H14FN3OS/c1-8-6-10(11(15)7-12(8)16-3)13-9(2)14(20(5)19)18(4)17-13/h6-7H,1-2,4-5H3. The smallest absolute Gasteiger partial charge is 0.193 e. The molecule has 4 nitrogen and oxygen atoms in total. The second kappa shape index (κ2) is 5.17. The van der Waals surface area contributed by atoms with Crippen molar-refractivity contribution in [3.05, 3.63) is 40.5 Å². The van der Waals surface area contributed by atoms with Gasteiger partial charge in [0.25, 0.3) is 0 Å². The van der Waals surface area contributed by atoms with Crippen molar-refractivity contribution in [3.8, 4) is 11.3 Å². The van der Waals surface area contributed by atoms with E-state index < -0.39 is 16.6 Å². The lowest BCUT2D eigenvalue weighted by atomic mass is 10.0. The van der Waals surface area contributed by atoms with Gasteiger partial charge in [0.1, 0.15) is 10.8 Å². The Bertz CT molecular complexity index is 759. The largest absolute Gasteiger partial charge is 0.259 e. The van der Waals surface area contributed by atoms with Crippen LogP contribution in [-0.2, 0) is 17.8 Å². The Balaban J connectivity index is 2.71. The van der Waals surface area contributed by atoms with Crippen molar-refractivity contribution in [2.75, 3.05) is 6.26 Å². The summed E-state index contributed by atoms with van der Waals surface area (Å²) < 4.78 is 27.4. The predicted octanol–water partition coefficient (Wildman–Crippen LogP) is 3.13. The summed E-state index contributed by atoms with van der Waals surface area (Å²) in [6.07, 6.45) is 1.57. The van der Waals surface area contributed by atoms with Crippen LogP contribution in [0.15, 0.2) is 17.2 Å². The molecule has 1 aromatic carbocycles. The van der Waals surface area contributed by atoms with E-state index >= 15 is 0 Å². The van der Waals surface area contributed by atoms with E-state index in [1.807, 2.05) is 0 Å². The van der Waals surface area contributed by atoms with Gasteiger partial charge in [-0.15, -0.1) is 0 Å². The Morgan fingerprint density at radius 3 is 2.55 bits per heavy atom. The molecule has 0 spiro atoms. The van der Waals surface area contributed by atoms with E-state index in [1.165, 1.54) is 10.7 Å². The van der Waals surface area contributed by atoms with Gasteiger partial charge in [-0.25, -0.2) is 9.24 Å². The zero-order valence-corrected chi connectivity index (χ0v) is 12.5. The molecule has 20 heavy (non-hydrogen) atoms. The Morgan fingerprint density at radius 2 is 2.05 bits per heavy atom. The van der Waals surface area contributed by atoms with Crippen LogP contribution in [0.4, 0.5) is 10.1 Å². The van der Waals surface area contributed by atoms with Crippen LogP contribution in [0, 0.1) is 26.2 Å². The molecule has 2 aromatic rings. The molecule has 0 fully saturated rings. The number of aromatic nitrogens is 2. The molecule has 1 heterocycles. The number of hydrogen-bond acceptors (Lipinski definition) is 2. The molecular weight excluding hydrogens is 277 g/mol. The van der Waals surface area contributed by atoms with Gasteiger partial charge in [0.05, 0.1) is 23.1 Å². The minimum absolute atomic E-state index is 0.291. The van der Waals surface area contributed by atoms with Gasteiger partial charge >= 0.3 is 0 Å². The molecule has 0 aliphatic heterocycles. The molecule has 0 radical (unpaired) electrons. The Kier molecular flexibility index (Phi) is 3.73. The van der Waals surface area contributed by atoms with E-state index in [0.717, 1.165) is 0 Å². The highest BCUT2D eigenvalue weighted by atomic mass is 32.2. The molecule has 0 amide bonds. The van der Waals surface area contributed by atoms with Crippen LogP contribution in [0.2, 0.25) is 0 Å². The second-order valence-corrected chi connectivity index (χ2v) is 5.88. The maximum Gasteiger partial charge on any atom is 0.193 e. The fourth-order valence-corrected chi connectivity index (χ4v) is 3.19. The molecule has 6 heteroatoms. The normalized spacial score (nSPS) is 12.2. The third kappa shape index (κ3) is 2.25. The topological polar surface area (TPSA) is 39.2 Å². The fraction of sp³-hybridized carbons (Fsp3) is 0.286. The molecule has 104 valence electrons. The molecule has 0 saturated heterocycles. The average Bonchev–Trinajstić information content (AvgIpc) is 2.67. The van der Waals surface area contributed by atoms with Crippen molar-refractivity contribution in [2.24, 2.45) is 7.05 Å². The highest BCUT2D eigenvalue weighted by Crippen LogP contribution is 2.32. The van der Waals surface area contributed by atoms with E-state index in [1.54, 1.807) is 33.2 Å². The first-order valence-electron chi connectivity index (χ1n) is 5.91. The summed E-state index contributed by atoms with van der Waals surface area (Å²) >= 11 is 0. The fourth-order valence-electron chi connectivity index (χ4n) is 2.24. The molecule has 1 aromatic heterocycles. The third-order valence-electron chi connectivity index (χ3n) is 3.15. The van der Waals surface area contributed by atoms with Crippen LogP contribution in [0.1, 0.15) is 11.1 Å². The average molecular weight is 291 g/mol. The lowest BCUT2D eigenvalue weighted by Gasteiger charge is -2.05. The van der Waals surface area contributed by atoms with Crippen LogP contribution in [0.25, 0.3) is 16.1 Å². The van der Waals surface area contributed by atoms with E-state index in [0.29, 0.717) is 33.1 Å². The quantitative estimate of drug-likeness (QED) is 0.797. The molecule has 2 rings (SSSR count). The van der Waals surface area contributed by atoms with E-state index in [-0.39, 0.29) is 0 Å². The van der Waals surface area contributed by atoms with Gasteiger partial charge in [0.2, 0.25) is 0 Å². The first-order valence-corrected chi connectivity index (χ1v) is 7.47. The van der Waals surface area contributed by atoms with Crippen LogP contribution >= 0.6 is 0 Å². The van der Waals surface area contributed by atoms with E-state index in [9.17, 15) is 8.60 Å². The number of benzene rings is 1. The maximum atomic E-state index is 14.2. The zero-order valence-electron chi connectivity index (χ0n) is 11.7. The van der Waals surface area contributed by atoms with Crippen LogP contribution < -0.4 is 0 Å². The number of aryl methyl sites for hydroxylation is 2. The van der Waals surface area contributed by atoms with E-state index in [2.05, 4.69) is 9.94 Å². The number of halogens is 1. The molecule has 0 N–H and O–H groups in total. The molecular formula is C14H14FN3OS. The minimum atomic E-state index is -1.19. The van der Waals surface area contributed by atoms with Gasteiger partial charge in [0, 0.05) is 24.4 Å². The zero-order chi connectivity index (χ0) is 15.0. The van der Waals surface area contributed by atoms with Crippen molar-refractivity contribution in [3.63, 3.8) is 0 Å². The summed E-state index contributed by atoms with van der Waals surface area (Å²) in [5, 5.41) is 4.84. The monoisotopic (exact) mass is 291 g/mol. The van der Waals surface area contributed by atoms with Gasteiger partial charge in [-0.05, 0) is 25.5 Å². The third-order valence-corrected chi connectivity index (χ3v) is 4.27. The van der Waals surface area contributed by atoms with Crippen molar-refractivity contribution >= 4 is 16.5 Å². The highest BCUT2D eigenvalue weighted by Gasteiger charge is 2.19. The van der Waals surface area contributed by atoms with Crippen LogP contribution in [0.5, 0.6) is 0 Å². The van der Waals surface area contributed by atoms with E-state index in [4.69, 9.17) is 6.57 Å². The molecule has 1 atom stereocenters. The molecule has 0 bridgehead atoms. The first-order chi connectivity index (χ1) is 9.36. The van der Waals surface area contributed by atoms with Crippen molar-refractivity contribution < 1.29 is 8.60 Å². The molecule has 1 unspecified atom stereocenters. The minimum Gasteiger partial charge on any atom is -0.259 e. The van der Waals surface area contributed by atoms with Crippen molar-refractivity contribution in [2.45, 2.75) is 18.9 Å². The predicted molar refractivity (Wildman–Crippen MR) is 76.7 cm³/mol. The van der Waals surface area contributed by atoms with Gasteiger partial charge in [0.15, 0.2) is 5.69 Å². The summed E-state index contributed by atoms with van der Waals surface area (Å²) in [5.74, 6) is -0.490. The molecule has 0 aliphatic rings. The molecule has 0 aliphatic carbocycles. The summed E-state index contributed by atoms with van der Waals surface area (Å²) in [5.41, 5.74) is 2.48. The first kappa shape index (κ1) is 14.4. The lowest BCUT2D eigenvalue weighted by Crippen LogP contribution is -2.00. The second-order valence-electron chi connectivity index (χ2n) is 4.59. The number of hydrogen-bond donors (Lipinski definition) is 0. The van der Waals surface area contributed by atoms with Gasteiger partial charge in [-0.3, -0.25) is 8.89 Å². The van der Waals surface area contributed by atoms with Gasteiger partial charge in [-0.1, -0.05) is 6.07 Å². The summed E-state index contributed by atoms with van der Waals surface area (Å²) in [6, 6.07) is 2.83. The molecule has 0 saturated carbocycles. The lowest BCUT2D eigenvalue weighted by molar-refractivity contribution is 0.629. The number of nitrogens with zero attached hydrogens (tertiary/aromatic N) is 3. The van der Waals surface area contributed by atoms with Gasteiger partial charge < -0.3 is 0 Å². The van der Waals surface area contributed by atoms with Gasteiger partial charge in [-0.2, -0.15) is 5.10 Å².